The molecule has 1 rings (SSSR count). The molecule has 50 valence electrons. The van der Waals surface area contributed by atoms with Gasteiger partial charge in [0, 0.05) is 12.1 Å². The standard InChI is InChI=1S/C6H12N3/c1-9(2)5-6(3-7)4-8-9/h4-5H,3,7H2,1-2H3/q+1. The summed E-state index contributed by atoms with van der Waals surface area (Å²) < 4.78 is 0.576. The van der Waals surface area contributed by atoms with E-state index in [1.807, 2.05) is 26.5 Å². The molecule has 2 N–H and O–H groups in total. The van der Waals surface area contributed by atoms with Crippen molar-refractivity contribution >= 4 is 6.21 Å². The van der Waals surface area contributed by atoms with E-state index in [9.17, 15) is 0 Å². The van der Waals surface area contributed by atoms with E-state index < -0.39 is 0 Å². The highest BCUT2D eigenvalue weighted by molar-refractivity contribution is 5.79. The predicted octanol–water partition coefficient (Wildman–Crippen LogP) is -0.0952. The molecule has 3 nitrogen and oxygen atoms in total. The number of nitrogens with two attached hydrogens (primary N) is 1. The first-order valence-electron chi connectivity index (χ1n) is 2.95. The van der Waals surface area contributed by atoms with Gasteiger partial charge in [0.25, 0.3) is 0 Å². The molecule has 0 atom stereocenters. The van der Waals surface area contributed by atoms with Crippen molar-refractivity contribution < 1.29 is 4.59 Å². The first-order chi connectivity index (χ1) is 4.14. The van der Waals surface area contributed by atoms with Gasteiger partial charge in [0.05, 0.1) is 20.3 Å². The molecular weight excluding hydrogens is 114 g/mol. The van der Waals surface area contributed by atoms with Crippen molar-refractivity contribution in [3.63, 3.8) is 0 Å². The van der Waals surface area contributed by atoms with Gasteiger partial charge in [0.15, 0.2) is 0 Å². The summed E-state index contributed by atoms with van der Waals surface area (Å²) in [7, 11) is 4.00. The number of hydrogen-bond acceptors (Lipinski definition) is 2. The van der Waals surface area contributed by atoms with Gasteiger partial charge in [-0.25, -0.2) is 0 Å². The van der Waals surface area contributed by atoms with Gasteiger partial charge in [0.1, 0.15) is 6.20 Å². The Labute approximate surface area is 55.0 Å². The first kappa shape index (κ1) is 6.45. The van der Waals surface area contributed by atoms with Gasteiger partial charge < -0.3 is 5.73 Å². The Bertz CT molecular complexity index is 167. The van der Waals surface area contributed by atoms with Crippen LogP contribution in [0, 0.1) is 0 Å². The highest BCUT2D eigenvalue weighted by Gasteiger charge is 2.16. The molecule has 1 aliphatic heterocycles. The Morgan fingerprint density at radius 3 is 2.56 bits per heavy atom. The lowest BCUT2D eigenvalue weighted by atomic mass is 10.3. The van der Waals surface area contributed by atoms with Crippen LogP contribution in [0.25, 0.3) is 0 Å². The molecule has 0 saturated heterocycles. The van der Waals surface area contributed by atoms with Crippen LogP contribution in [0.4, 0.5) is 0 Å². The normalized spacial score (nSPS) is 22.3. The minimum atomic E-state index is 0.576. The molecule has 0 saturated carbocycles. The third-order valence-corrected chi connectivity index (χ3v) is 1.24. The second-order valence-corrected chi connectivity index (χ2v) is 2.63. The van der Waals surface area contributed by atoms with Crippen molar-refractivity contribution in [3.05, 3.63) is 11.8 Å². The summed E-state index contributed by atoms with van der Waals surface area (Å²) in [4.78, 5) is 0. The molecule has 0 bridgehead atoms. The molecule has 0 aromatic rings. The Kier molecular flexibility index (Phi) is 1.38. The smallest absolute Gasteiger partial charge is 0.128 e. The average molecular weight is 126 g/mol. The molecule has 0 spiro atoms. The summed E-state index contributed by atoms with van der Waals surface area (Å²) in [6.07, 6.45) is 3.85. The van der Waals surface area contributed by atoms with Crippen LogP contribution in [0.3, 0.4) is 0 Å². The molecular formula is C6H12N3+. The lowest BCUT2D eigenvalue weighted by Crippen LogP contribution is -2.23. The predicted molar refractivity (Wildman–Crippen MR) is 37.7 cm³/mol. The van der Waals surface area contributed by atoms with E-state index >= 15 is 0 Å². The van der Waals surface area contributed by atoms with Crippen molar-refractivity contribution in [3.8, 4) is 0 Å². The highest BCUT2D eigenvalue weighted by atomic mass is 15.6. The number of rotatable bonds is 1. The van der Waals surface area contributed by atoms with E-state index in [1.54, 1.807) is 0 Å². The minimum absolute atomic E-state index is 0.576. The van der Waals surface area contributed by atoms with E-state index in [2.05, 4.69) is 5.10 Å². The molecule has 0 unspecified atom stereocenters. The van der Waals surface area contributed by atoms with Crippen LogP contribution < -0.4 is 5.73 Å². The third kappa shape index (κ3) is 1.37. The van der Waals surface area contributed by atoms with Gasteiger partial charge in [-0.3, -0.25) is 0 Å². The van der Waals surface area contributed by atoms with Crippen LogP contribution in [-0.2, 0) is 0 Å². The summed E-state index contributed by atoms with van der Waals surface area (Å²) in [5.41, 5.74) is 6.50. The SMILES string of the molecule is C[N+]1(C)C=C(CN)C=N1. The second kappa shape index (κ2) is 1.93. The minimum Gasteiger partial charge on any atom is -0.326 e. The number of hydrogen-bond donors (Lipinski definition) is 1. The van der Waals surface area contributed by atoms with Gasteiger partial charge in [-0.15, -0.1) is 0 Å². The number of quaternary nitrogens is 1. The van der Waals surface area contributed by atoms with E-state index in [4.69, 9.17) is 5.73 Å². The Morgan fingerprint density at radius 2 is 2.33 bits per heavy atom. The summed E-state index contributed by atoms with van der Waals surface area (Å²) in [5, 5.41) is 4.16. The van der Waals surface area contributed by atoms with E-state index in [0.29, 0.717) is 11.1 Å². The lowest BCUT2D eigenvalue weighted by molar-refractivity contribution is -0.843. The fraction of sp³-hybridized carbons (Fsp3) is 0.500. The van der Waals surface area contributed by atoms with Crippen LogP contribution in [0.2, 0.25) is 0 Å². The van der Waals surface area contributed by atoms with Crippen LogP contribution in [0.1, 0.15) is 0 Å². The zero-order chi connectivity index (χ0) is 6.91. The molecule has 0 aromatic heterocycles. The van der Waals surface area contributed by atoms with E-state index in [1.165, 1.54) is 0 Å². The molecule has 1 aliphatic rings. The maximum Gasteiger partial charge on any atom is 0.128 e. The summed E-state index contributed by atoms with van der Waals surface area (Å²) in [5.74, 6) is 0. The first-order valence-corrected chi connectivity index (χ1v) is 2.95. The molecule has 9 heavy (non-hydrogen) atoms. The van der Waals surface area contributed by atoms with Gasteiger partial charge in [-0.05, 0) is 0 Å². The average Bonchev–Trinajstić information content (AvgIpc) is 2.10. The van der Waals surface area contributed by atoms with Crippen molar-refractivity contribution in [2.45, 2.75) is 0 Å². The van der Waals surface area contributed by atoms with E-state index in [-0.39, 0.29) is 0 Å². The van der Waals surface area contributed by atoms with Crippen molar-refractivity contribution in [2.24, 2.45) is 10.8 Å². The zero-order valence-electron chi connectivity index (χ0n) is 5.83. The summed E-state index contributed by atoms with van der Waals surface area (Å²) in [6, 6.07) is 0. The molecule has 1 heterocycles. The van der Waals surface area contributed by atoms with Crippen molar-refractivity contribution in [2.75, 3.05) is 20.6 Å². The van der Waals surface area contributed by atoms with Crippen LogP contribution in [-0.4, -0.2) is 31.4 Å². The summed E-state index contributed by atoms with van der Waals surface area (Å²) >= 11 is 0. The lowest BCUT2D eigenvalue weighted by Gasteiger charge is -2.11. The molecule has 0 radical (unpaired) electrons. The van der Waals surface area contributed by atoms with Gasteiger partial charge in [-0.2, -0.15) is 4.59 Å². The highest BCUT2D eigenvalue weighted by Crippen LogP contribution is 2.09. The maximum atomic E-state index is 5.39. The van der Waals surface area contributed by atoms with Gasteiger partial charge in [-0.1, -0.05) is 5.10 Å². The van der Waals surface area contributed by atoms with Crippen molar-refractivity contribution in [1.29, 1.82) is 0 Å². The molecule has 0 fully saturated rings. The summed E-state index contributed by atoms with van der Waals surface area (Å²) in [6.45, 7) is 0.588. The zero-order valence-corrected chi connectivity index (χ0v) is 5.83. The topological polar surface area (TPSA) is 38.4 Å². The molecule has 0 aromatic carbocycles. The van der Waals surface area contributed by atoms with Gasteiger partial charge >= 0.3 is 0 Å². The third-order valence-electron chi connectivity index (χ3n) is 1.24. The fourth-order valence-corrected chi connectivity index (χ4v) is 0.801. The largest absolute Gasteiger partial charge is 0.326 e. The Morgan fingerprint density at radius 1 is 1.67 bits per heavy atom. The monoisotopic (exact) mass is 126 g/mol. The Balaban J connectivity index is 2.74. The second-order valence-electron chi connectivity index (χ2n) is 2.63. The van der Waals surface area contributed by atoms with Crippen LogP contribution in [0.15, 0.2) is 16.9 Å². The quantitative estimate of drug-likeness (QED) is 0.490. The van der Waals surface area contributed by atoms with Gasteiger partial charge in [0.2, 0.25) is 0 Å². The van der Waals surface area contributed by atoms with Crippen molar-refractivity contribution in [1.82, 2.24) is 0 Å². The van der Waals surface area contributed by atoms with Crippen LogP contribution >= 0.6 is 0 Å². The Hall–Kier alpha value is -0.670. The number of nitrogens with zero attached hydrogens (tertiary/aromatic N) is 2. The molecule has 3 heteroatoms. The molecule has 0 amide bonds. The van der Waals surface area contributed by atoms with Crippen LogP contribution in [0.5, 0.6) is 0 Å². The van der Waals surface area contributed by atoms with E-state index in [0.717, 1.165) is 5.57 Å². The maximum absolute atomic E-state index is 5.39. The molecule has 0 aliphatic carbocycles. The fourth-order valence-electron chi connectivity index (χ4n) is 0.801.